The molecule has 3 rings (SSSR count). The predicted molar refractivity (Wildman–Crippen MR) is 81.2 cm³/mol. The van der Waals surface area contributed by atoms with Crippen LogP contribution in [0.4, 0.5) is 14.9 Å². The maximum atomic E-state index is 13.8. The van der Waals surface area contributed by atoms with Crippen LogP contribution in [0.2, 0.25) is 0 Å². The minimum absolute atomic E-state index is 0.0704. The molecule has 0 bridgehead atoms. The zero-order valence-corrected chi connectivity index (χ0v) is 12.1. The first-order chi connectivity index (χ1) is 11.1. The van der Waals surface area contributed by atoms with Crippen molar-refractivity contribution < 1.29 is 9.18 Å². The normalized spacial score (nSPS) is 10.5. The van der Waals surface area contributed by atoms with E-state index in [0.29, 0.717) is 10.4 Å². The van der Waals surface area contributed by atoms with Gasteiger partial charge in [-0.2, -0.15) is 4.68 Å². The van der Waals surface area contributed by atoms with Gasteiger partial charge in [0.15, 0.2) is 0 Å². The van der Waals surface area contributed by atoms with Crippen molar-refractivity contribution in [2.24, 2.45) is 0 Å². The molecule has 0 saturated heterocycles. The predicted octanol–water partition coefficient (Wildman–Crippen LogP) is 1.67. The molecule has 0 radical (unpaired) electrons. The molecule has 23 heavy (non-hydrogen) atoms. The highest BCUT2D eigenvalue weighted by atomic mass is 19.1. The van der Waals surface area contributed by atoms with E-state index in [1.807, 2.05) is 6.07 Å². The van der Waals surface area contributed by atoms with E-state index in [2.05, 4.69) is 10.4 Å². The summed E-state index contributed by atoms with van der Waals surface area (Å²) in [6, 6.07) is 13.7. The lowest BCUT2D eigenvalue weighted by Crippen LogP contribution is -2.39. The Hall–Kier alpha value is -3.29. The number of nitrogens with zero attached hydrogens (tertiary/aromatic N) is 5. The second kappa shape index (κ2) is 5.84. The Morgan fingerprint density at radius 1 is 1.04 bits per heavy atom. The highest BCUT2D eigenvalue weighted by Crippen LogP contribution is 2.12. The maximum absolute atomic E-state index is 13.8. The number of carbonyl (C=O) groups is 1. The zero-order valence-electron chi connectivity index (χ0n) is 12.1. The Morgan fingerprint density at radius 2 is 1.70 bits per heavy atom. The molecular formula is C15H12FN5O2. The molecular weight excluding hydrogens is 301 g/mol. The third kappa shape index (κ3) is 2.61. The molecule has 7 nitrogen and oxygen atoms in total. The van der Waals surface area contributed by atoms with Gasteiger partial charge >= 0.3 is 11.7 Å². The molecule has 8 heteroatoms. The summed E-state index contributed by atoms with van der Waals surface area (Å²) in [7, 11) is 1.51. The number of para-hydroxylation sites is 2. The first kappa shape index (κ1) is 14.6. The highest BCUT2D eigenvalue weighted by molar-refractivity contribution is 5.92. The fourth-order valence-electron chi connectivity index (χ4n) is 2.05. The van der Waals surface area contributed by atoms with E-state index in [-0.39, 0.29) is 5.69 Å². The lowest BCUT2D eigenvalue weighted by atomic mass is 10.3. The molecule has 0 N–H and O–H groups in total. The monoisotopic (exact) mass is 313 g/mol. The van der Waals surface area contributed by atoms with Gasteiger partial charge in [0, 0.05) is 12.7 Å². The van der Waals surface area contributed by atoms with Crippen LogP contribution in [0, 0.1) is 5.82 Å². The van der Waals surface area contributed by atoms with Crippen LogP contribution in [-0.2, 0) is 0 Å². The number of anilines is 1. The van der Waals surface area contributed by atoms with E-state index in [4.69, 9.17) is 0 Å². The number of carbonyl (C=O) groups excluding carboxylic acids is 1. The van der Waals surface area contributed by atoms with Gasteiger partial charge in [0.05, 0.1) is 0 Å². The van der Waals surface area contributed by atoms with E-state index in [9.17, 15) is 14.0 Å². The van der Waals surface area contributed by atoms with Gasteiger partial charge in [0.1, 0.15) is 11.5 Å². The molecule has 1 amide bonds. The second-order valence-electron chi connectivity index (χ2n) is 4.71. The first-order valence-corrected chi connectivity index (χ1v) is 6.72. The zero-order chi connectivity index (χ0) is 16.4. The number of halogens is 1. The van der Waals surface area contributed by atoms with Gasteiger partial charge in [-0.05, 0) is 34.7 Å². The highest BCUT2D eigenvalue weighted by Gasteiger charge is 2.20. The van der Waals surface area contributed by atoms with Crippen LogP contribution in [0.5, 0.6) is 0 Å². The number of benzene rings is 2. The molecule has 1 aromatic heterocycles. The van der Waals surface area contributed by atoms with Gasteiger partial charge in [-0.1, -0.05) is 30.3 Å². The Balaban J connectivity index is 1.98. The van der Waals surface area contributed by atoms with E-state index >= 15 is 0 Å². The van der Waals surface area contributed by atoms with E-state index in [1.165, 1.54) is 30.1 Å². The van der Waals surface area contributed by atoms with Crippen LogP contribution in [0.3, 0.4) is 0 Å². The topological polar surface area (TPSA) is 73.0 Å². The van der Waals surface area contributed by atoms with Crippen LogP contribution in [0.1, 0.15) is 0 Å². The van der Waals surface area contributed by atoms with E-state index in [0.717, 1.165) is 4.68 Å². The maximum Gasteiger partial charge on any atom is 0.377 e. The van der Waals surface area contributed by atoms with Gasteiger partial charge in [0.25, 0.3) is 0 Å². The van der Waals surface area contributed by atoms with Gasteiger partial charge in [0.2, 0.25) is 0 Å². The Bertz CT molecular complexity index is 903. The van der Waals surface area contributed by atoms with Gasteiger partial charge in [-0.25, -0.2) is 14.0 Å². The van der Waals surface area contributed by atoms with Crippen LogP contribution in [-0.4, -0.2) is 32.9 Å². The summed E-state index contributed by atoms with van der Waals surface area (Å²) in [6.45, 7) is 0. The molecule has 116 valence electrons. The van der Waals surface area contributed by atoms with Crippen molar-refractivity contribution in [1.82, 2.24) is 19.8 Å². The quantitative estimate of drug-likeness (QED) is 0.675. The lowest BCUT2D eigenvalue weighted by molar-refractivity contribution is 0.245. The summed E-state index contributed by atoms with van der Waals surface area (Å²) < 4.78 is 15.1. The fraction of sp³-hybridized carbons (Fsp3) is 0.0667. The summed E-state index contributed by atoms with van der Waals surface area (Å²) in [4.78, 5) is 25.9. The molecule has 1 heterocycles. The molecule has 0 saturated carbocycles. The number of hydrogen-bond donors (Lipinski definition) is 0. The van der Waals surface area contributed by atoms with Crippen LogP contribution < -0.4 is 10.6 Å². The number of aromatic nitrogens is 4. The first-order valence-electron chi connectivity index (χ1n) is 6.72. The van der Waals surface area contributed by atoms with Crippen molar-refractivity contribution in [2.75, 3.05) is 11.9 Å². The molecule has 0 aliphatic heterocycles. The van der Waals surface area contributed by atoms with Gasteiger partial charge in [-0.3, -0.25) is 4.90 Å². The van der Waals surface area contributed by atoms with Crippen LogP contribution in [0.15, 0.2) is 59.4 Å². The van der Waals surface area contributed by atoms with Crippen molar-refractivity contribution in [3.8, 4) is 5.69 Å². The summed E-state index contributed by atoms with van der Waals surface area (Å²) in [6.07, 6.45) is 0. The fourth-order valence-corrected chi connectivity index (χ4v) is 2.05. The van der Waals surface area contributed by atoms with Crippen molar-refractivity contribution in [3.63, 3.8) is 0 Å². The SMILES string of the molecule is CN(C(=O)n1nnn(-c2ccccc2F)c1=O)c1ccccc1. The van der Waals surface area contributed by atoms with Gasteiger partial charge in [-0.15, -0.1) is 4.68 Å². The van der Waals surface area contributed by atoms with Gasteiger partial charge < -0.3 is 0 Å². The minimum atomic E-state index is -0.845. The number of hydrogen-bond acceptors (Lipinski definition) is 4. The molecule has 0 spiro atoms. The number of rotatable bonds is 2. The average molecular weight is 313 g/mol. The van der Waals surface area contributed by atoms with Crippen LogP contribution >= 0.6 is 0 Å². The molecule has 3 aromatic rings. The number of amides is 1. The third-order valence-corrected chi connectivity index (χ3v) is 3.27. The average Bonchev–Trinajstić information content (AvgIpc) is 2.96. The third-order valence-electron chi connectivity index (χ3n) is 3.27. The Kier molecular flexibility index (Phi) is 3.71. The standard InChI is InChI=1S/C15H12FN5O2/c1-19(11-7-3-2-4-8-11)14(22)21-15(23)20(17-18-21)13-10-6-5-9-12(13)16/h2-10H,1H3. The summed E-state index contributed by atoms with van der Waals surface area (Å²) in [5.41, 5.74) is -0.327. The summed E-state index contributed by atoms with van der Waals surface area (Å²) in [5, 5.41) is 7.11. The number of tetrazole rings is 1. The Morgan fingerprint density at radius 3 is 2.39 bits per heavy atom. The van der Waals surface area contributed by atoms with Crippen molar-refractivity contribution in [2.45, 2.75) is 0 Å². The smallest absolute Gasteiger partial charge is 0.295 e. The second-order valence-corrected chi connectivity index (χ2v) is 4.71. The molecule has 0 fully saturated rings. The molecule has 0 aliphatic carbocycles. The molecule has 0 atom stereocenters. The summed E-state index contributed by atoms with van der Waals surface area (Å²) >= 11 is 0. The van der Waals surface area contributed by atoms with Crippen molar-refractivity contribution in [3.05, 3.63) is 70.9 Å². The lowest BCUT2D eigenvalue weighted by Gasteiger charge is -2.15. The Labute approximate surface area is 130 Å². The molecule has 0 unspecified atom stereocenters. The minimum Gasteiger partial charge on any atom is -0.295 e. The van der Waals surface area contributed by atoms with Crippen molar-refractivity contribution in [1.29, 1.82) is 0 Å². The van der Waals surface area contributed by atoms with Crippen molar-refractivity contribution >= 4 is 11.7 Å². The largest absolute Gasteiger partial charge is 0.377 e. The molecule has 2 aromatic carbocycles. The molecule has 0 aliphatic rings. The van der Waals surface area contributed by atoms with Crippen LogP contribution in [0.25, 0.3) is 5.69 Å². The van der Waals surface area contributed by atoms with E-state index in [1.54, 1.807) is 30.3 Å². The summed E-state index contributed by atoms with van der Waals surface area (Å²) in [5.74, 6) is -0.634. The van der Waals surface area contributed by atoms with E-state index < -0.39 is 17.5 Å².